The minimum absolute atomic E-state index is 0.185. The van der Waals surface area contributed by atoms with Crippen LogP contribution in [0.4, 0.5) is 0 Å². The molecule has 1 N–H and O–H groups in total. The van der Waals surface area contributed by atoms with E-state index in [1.54, 1.807) is 37.6 Å². The van der Waals surface area contributed by atoms with Gasteiger partial charge in [-0.1, -0.05) is 41.4 Å². The van der Waals surface area contributed by atoms with Gasteiger partial charge in [0, 0.05) is 39.5 Å². The molecule has 0 radical (unpaired) electrons. The molecule has 1 heterocycles. The van der Waals surface area contributed by atoms with E-state index in [2.05, 4.69) is 10.3 Å². The SMILES string of the molecule is COc1ccccc1CNC(=O)c1ccnc(-c2cc(Cl)cc(Cl)c2)c1C. The van der Waals surface area contributed by atoms with Gasteiger partial charge in [0.1, 0.15) is 5.75 Å². The second-order valence-corrected chi connectivity index (χ2v) is 6.86. The van der Waals surface area contributed by atoms with Crippen LogP contribution >= 0.6 is 23.2 Å². The summed E-state index contributed by atoms with van der Waals surface area (Å²) in [6.45, 7) is 2.22. The van der Waals surface area contributed by atoms with E-state index in [1.807, 2.05) is 31.2 Å². The molecule has 1 aromatic heterocycles. The van der Waals surface area contributed by atoms with Gasteiger partial charge in [-0.3, -0.25) is 9.78 Å². The van der Waals surface area contributed by atoms with Crippen LogP contribution in [0.2, 0.25) is 10.0 Å². The summed E-state index contributed by atoms with van der Waals surface area (Å²) < 4.78 is 5.32. The topological polar surface area (TPSA) is 51.2 Å². The van der Waals surface area contributed by atoms with Crippen molar-refractivity contribution in [2.45, 2.75) is 13.5 Å². The molecule has 2 aromatic carbocycles. The molecule has 3 rings (SSSR count). The van der Waals surface area contributed by atoms with Gasteiger partial charge in [-0.25, -0.2) is 0 Å². The number of carbonyl (C=O) groups excluding carboxylic acids is 1. The molecular weight excluding hydrogens is 383 g/mol. The molecule has 27 heavy (non-hydrogen) atoms. The van der Waals surface area contributed by atoms with Crippen LogP contribution in [0.5, 0.6) is 5.75 Å². The number of hydrogen-bond acceptors (Lipinski definition) is 3. The van der Waals surface area contributed by atoms with E-state index >= 15 is 0 Å². The molecule has 4 nitrogen and oxygen atoms in total. The molecule has 0 fully saturated rings. The van der Waals surface area contributed by atoms with Gasteiger partial charge in [0.2, 0.25) is 0 Å². The highest BCUT2D eigenvalue weighted by Gasteiger charge is 2.15. The van der Waals surface area contributed by atoms with Crippen LogP contribution in [0.1, 0.15) is 21.5 Å². The number of benzene rings is 2. The van der Waals surface area contributed by atoms with Crippen molar-refractivity contribution in [1.29, 1.82) is 0 Å². The van der Waals surface area contributed by atoms with Gasteiger partial charge in [0.25, 0.3) is 5.91 Å². The number of nitrogens with one attached hydrogen (secondary N) is 1. The minimum atomic E-state index is -0.185. The average Bonchev–Trinajstić information content (AvgIpc) is 2.65. The Bertz CT molecular complexity index is 969. The predicted octanol–water partition coefficient (Wildman–Crippen LogP) is 5.30. The Labute approximate surface area is 168 Å². The highest BCUT2D eigenvalue weighted by Crippen LogP contribution is 2.29. The minimum Gasteiger partial charge on any atom is -0.496 e. The lowest BCUT2D eigenvalue weighted by molar-refractivity contribution is 0.0950. The van der Waals surface area contributed by atoms with Gasteiger partial charge in [0.15, 0.2) is 0 Å². The molecule has 6 heteroatoms. The maximum Gasteiger partial charge on any atom is 0.251 e. The zero-order chi connectivity index (χ0) is 19.4. The molecule has 138 valence electrons. The summed E-state index contributed by atoms with van der Waals surface area (Å²) in [5.74, 6) is 0.550. The third-order valence-corrected chi connectivity index (χ3v) is 4.65. The lowest BCUT2D eigenvalue weighted by atomic mass is 10.0. The number of amides is 1. The van der Waals surface area contributed by atoms with Crippen LogP contribution in [0.25, 0.3) is 11.3 Å². The number of hydrogen-bond donors (Lipinski definition) is 1. The van der Waals surface area contributed by atoms with Crippen molar-refractivity contribution >= 4 is 29.1 Å². The monoisotopic (exact) mass is 400 g/mol. The number of pyridine rings is 1. The average molecular weight is 401 g/mol. The quantitative estimate of drug-likeness (QED) is 0.631. The summed E-state index contributed by atoms with van der Waals surface area (Å²) >= 11 is 12.2. The van der Waals surface area contributed by atoms with Crippen LogP contribution in [-0.2, 0) is 6.54 Å². The third-order valence-electron chi connectivity index (χ3n) is 4.22. The van der Waals surface area contributed by atoms with Crippen molar-refractivity contribution in [2.75, 3.05) is 7.11 Å². The molecule has 0 spiro atoms. The summed E-state index contributed by atoms with van der Waals surface area (Å²) in [4.78, 5) is 17.1. The van der Waals surface area contributed by atoms with Gasteiger partial charge < -0.3 is 10.1 Å². The summed E-state index contributed by atoms with van der Waals surface area (Å²) in [6.07, 6.45) is 1.61. The first-order valence-electron chi connectivity index (χ1n) is 8.31. The van der Waals surface area contributed by atoms with Gasteiger partial charge >= 0.3 is 0 Å². The number of ether oxygens (including phenoxy) is 1. The first-order valence-corrected chi connectivity index (χ1v) is 9.07. The summed E-state index contributed by atoms with van der Waals surface area (Å²) in [7, 11) is 1.61. The van der Waals surface area contributed by atoms with Crippen LogP contribution < -0.4 is 10.1 Å². The van der Waals surface area contributed by atoms with Gasteiger partial charge in [0.05, 0.1) is 12.8 Å². The predicted molar refractivity (Wildman–Crippen MR) is 109 cm³/mol. The van der Waals surface area contributed by atoms with Gasteiger partial charge in [-0.2, -0.15) is 0 Å². The summed E-state index contributed by atoms with van der Waals surface area (Å²) in [5, 5.41) is 3.97. The second kappa shape index (κ2) is 8.42. The van der Waals surface area contributed by atoms with E-state index < -0.39 is 0 Å². The molecule has 0 atom stereocenters. The van der Waals surface area contributed by atoms with Crippen molar-refractivity contribution < 1.29 is 9.53 Å². The van der Waals surface area contributed by atoms with Crippen molar-refractivity contribution in [1.82, 2.24) is 10.3 Å². The number of nitrogens with zero attached hydrogens (tertiary/aromatic N) is 1. The third kappa shape index (κ3) is 4.41. The van der Waals surface area contributed by atoms with E-state index in [4.69, 9.17) is 27.9 Å². The smallest absolute Gasteiger partial charge is 0.251 e. The van der Waals surface area contributed by atoms with E-state index in [0.29, 0.717) is 27.8 Å². The second-order valence-electron chi connectivity index (χ2n) is 5.98. The zero-order valence-electron chi connectivity index (χ0n) is 14.9. The highest BCUT2D eigenvalue weighted by molar-refractivity contribution is 6.35. The van der Waals surface area contributed by atoms with Crippen molar-refractivity contribution in [3.05, 3.63) is 81.5 Å². The fourth-order valence-electron chi connectivity index (χ4n) is 2.88. The largest absolute Gasteiger partial charge is 0.496 e. The van der Waals surface area contributed by atoms with Gasteiger partial charge in [-0.15, -0.1) is 0 Å². The van der Waals surface area contributed by atoms with E-state index in [1.165, 1.54) is 0 Å². The fourth-order valence-corrected chi connectivity index (χ4v) is 3.41. The van der Waals surface area contributed by atoms with E-state index in [9.17, 15) is 4.79 Å². The normalized spacial score (nSPS) is 10.5. The molecule has 0 saturated carbocycles. The fraction of sp³-hybridized carbons (Fsp3) is 0.143. The highest BCUT2D eigenvalue weighted by atomic mass is 35.5. The first-order chi connectivity index (χ1) is 13.0. The molecule has 0 aliphatic rings. The summed E-state index contributed by atoms with van der Waals surface area (Å²) in [6, 6.07) is 14.5. The molecule has 0 aliphatic heterocycles. The molecular formula is C21H18Cl2N2O2. The Morgan fingerprint density at radius 2 is 1.81 bits per heavy atom. The van der Waals surface area contributed by atoms with Gasteiger partial charge in [-0.05, 0) is 42.8 Å². The number of halogens is 2. The van der Waals surface area contributed by atoms with Crippen LogP contribution in [0, 0.1) is 6.92 Å². The van der Waals surface area contributed by atoms with E-state index in [0.717, 1.165) is 22.4 Å². The lowest BCUT2D eigenvalue weighted by Crippen LogP contribution is -2.24. The molecule has 0 unspecified atom stereocenters. The lowest BCUT2D eigenvalue weighted by Gasteiger charge is -2.13. The molecule has 1 amide bonds. The molecule has 0 bridgehead atoms. The Morgan fingerprint density at radius 1 is 1.11 bits per heavy atom. The van der Waals surface area contributed by atoms with Crippen LogP contribution in [-0.4, -0.2) is 18.0 Å². The standard InChI is InChI=1S/C21H18Cl2N2O2/c1-13-18(21(26)25-12-14-5-3-4-6-19(14)27-2)7-8-24-20(13)15-9-16(22)11-17(23)10-15/h3-11H,12H2,1-2H3,(H,25,26). The maximum absolute atomic E-state index is 12.7. The zero-order valence-corrected chi connectivity index (χ0v) is 16.4. The Morgan fingerprint density at radius 3 is 2.52 bits per heavy atom. The van der Waals surface area contributed by atoms with Crippen molar-refractivity contribution in [2.24, 2.45) is 0 Å². The van der Waals surface area contributed by atoms with Crippen molar-refractivity contribution in [3.63, 3.8) is 0 Å². The first kappa shape index (κ1) is 19.2. The Balaban J connectivity index is 1.85. The van der Waals surface area contributed by atoms with Crippen molar-refractivity contribution in [3.8, 4) is 17.0 Å². The number of rotatable bonds is 5. The number of methoxy groups -OCH3 is 1. The molecule has 0 saturated heterocycles. The van der Waals surface area contributed by atoms with Crippen LogP contribution in [0.3, 0.4) is 0 Å². The van der Waals surface area contributed by atoms with E-state index in [-0.39, 0.29) is 5.91 Å². The number of para-hydroxylation sites is 1. The Hall–Kier alpha value is -2.56. The number of carbonyl (C=O) groups is 1. The van der Waals surface area contributed by atoms with Crippen LogP contribution in [0.15, 0.2) is 54.7 Å². The number of aromatic nitrogens is 1. The maximum atomic E-state index is 12.7. The summed E-state index contributed by atoms with van der Waals surface area (Å²) in [5.41, 5.74) is 3.65. The molecule has 0 aliphatic carbocycles. The molecule has 3 aromatic rings. The Kier molecular flexibility index (Phi) is 5.99.